The third-order valence-electron chi connectivity index (χ3n) is 3.79. The Hall–Kier alpha value is -2.51. The fourth-order valence-corrected chi connectivity index (χ4v) is 2.74. The zero-order valence-electron chi connectivity index (χ0n) is 15.6. The van der Waals surface area contributed by atoms with Crippen molar-refractivity contribution in [3.8, 4) is 11.5 Å². The molecule has 0 fully saturated rings. The van der Waals surface area contributed by atoms with Crippen molar-refractivity contribution in [1.82, 2.24) is 4.98 Å². The van der Waals surface area contributed by atoms with Crippen LogP contribution in [-0.4, -0.2) is 37.2 Å². The van der Waals surface area contributed by atoms with Crippen LogP contribution in [0.2, 0.25) is 10.0 Å². The predicted molar refractivity (Wildman–Crippen MR) is 106 cm³/mol. The maximum Gasteiger partial charge on any atom is 0.306 e. The Bertz CT molecular complexity index is 860. The van der Waals surface area contributed by atoms with Gasteiger partial charge in [-0.3, -0.25) is 9.59 Å². The number of aromatic nitrogens is 1. The Balaban J connectivity index is 1.87. The van der Waals surface area contributed by atoms with Gasteiger partial charge in [0.05, 0.1) is 24.3 Å². The summed E-state index contributed by atoms with van der Waals surface area (Å²) in [5.41, 5.74) is 0.879. The molecule has 2 aromatic rings. The van der Waals surface area contributed by atoms with Gasteiger partial charge in [-0.15, -0.1) is 0 Å². The number of nitrogens with one attached hydrogen (secondary N) is 1. The lowest BCUT2D eigenvalue weighted by Crippen LogP contribution is -2.30. The third kappa shape index (κ3) is 6.00. The van der Waals surface area contributed by atoms with Gasteiger partial charge >= 0.3 is 5.97 Å². The molecule has 0 aliphatic carbocycles. The second-order valence-electron chi connectivity index (χ2n) is 5.79. The van der Waals surface area contributed by atoms with Crippen molar-refractivity contribution >= 4 is 40.9 Å². The molecule has 0 unspecified atom stereocenters. The lowest BCUT2D eigenvalue weighted by molar-refractivity contribution is -0.153. The fraction of sp³-hybridized carbons (Fsp3) is 0.316. The molecule has 1 aromatic heterocycles. The zero-order valence-corrected chi connectivity index (χ0v) is 17.1. The molecule has 1 amide bonds. The molecule has 150 valence electrons. The van der Waals surface area contributed by atoms with Crippen LogP contribution < -0.4 is 14.8 Å². The molecule has 9 heteroatoms. The van der Waals surface area contributed by atoms with E-state index in [0.29, 0.717) is 22.9 Å². The number of benzene rings is 1. The fourth-order valence-electron chi connectivity index (χ4n) is 2.32. The van der Waals surface area contributed by atoms with Crippen LogP contribution in [0.4, 0.5) is 5.82 Å². The molecule has 1 aromatic carbocycles. The van der Waals surface area contributed by atoms with E-state index in [-0.39, 0.29) is 17.3 Å². The van der Waals surface area contributed by atoms with Crippen LogP contribution in [0.15, 0.2) is 30.5 Å². The highest BCUT2D eigenvalue weighted by molar-refractivity contribution is 6.36. The monoisotopic (exact) mass is 426 g/mol. The summed E-state index contributed by atoms with van der Waals surface area (Å²) in [5.74, 6) is 0.273. The Morgan fingerprint density at radius 1 is 1.14 bits per heavy atom. The van der Waals surface area contributed by atoms with E-state index >= 15 is 0 Å². The van der Waals surface area contributed by atoms with Gasteiger partial charge in [0, 0.05) is 12.6 Å². The molecule has 1 heterocycles. The number of methoxy groups -OCH3 is 2. The van der Waals surface area contributed by atoms with Crippen molar-refractivity contribution in [2.24, 2.45) is 0 Å². The lowest BCUT2D eigenvalue weighted by Gasteiger charge is -2.14. The number of hydrogen-bond donors (Lipinski definition) is 1. The summed E-state index contributed by atoms with van der Waals surface area (Å²) in [7, 11) is 3.09. The Morgan fingerprint density at radius 3 is 2.50 bits per heavy atom. The summed E-state index contributed by atoms with van der Waals surface area (Å²) >= 11 is 11.7. The van der Waals surface area contributed by atoms with Crippen molar-refractivity contribution in [2.45, 2.75) is 25.9 Å². The van der Waals surface area contributed by atoms with E-state index in [1.54, 1.807) is 19.2 Å². The molecular formula is C19H20Cl2N2O5. The number of halogens is 2. The Kier molecular flexibility index (Phi) is 7.90. The van der Waals surface area contributed by atoms with Crippen LogP contribution in [0.5, 0.6) is 11.5 Å². The second-order valence-corrected chi connectivity index (χ2v) is 6.64. The van der Waals surface area contributed by atoms with Crippen molar-refractivity contribution in [3.63, 3.8) is 0 Å². The summed E-state index contributed by atoms with van der Waals surface area (Å²) in [6.07, 6.45) is 0.875. The quantitative estimate of drug-likeness (QED) is 0.643. The van der Waals surface area contributed by atoms with Crippen LogP contribution in [0, 0.1) is 0 Å². The van der Waals surface area contributed by atoms with Crippen LogP contribution >= 0.6 is 23.2 Å². The normalized spacial score (nSPS) is 11.5. The molecule has 1 N–H and O–H groups in total. The third-order valence-corrected chi connectivity index (χ3v) is 4.29. The SMILES string of the molecule is COc1ccc(CCC(=O)O[C@H](C)C(=O)Nc2ncc(Cl)cc2Cl)cc1OC. The summed E-state index contributed by atoms with van der Waals surface area (Å²) in [6.45, 7) is 1.47. The largest absolute Gasteiger partial charge is 0.493 e. The molecule has 0 radical (unpaired) electrons. The molecule has 0 saturated heterocycles. The van der Waals surface area contributed by atoms with Gasteiger partial charge < -0.3 is 19.5 Å². The number of amides is 1. The smallest absolute Gasteiger partial charge is 0.306 e. The van der Waals surface area contributed by atoms with E-state index in [2.05, 4.69) is 10.3 Å². The van der Waals surface area contributed by atoms with Crippen LogP contribution in [0.1, 0.15) is 18.9 Å². The number of rotatable bonds is 8. The van der Waals surface area contributed by atoms with Gasteiger partial charge in [-0.1, -0.05) is 29.3 Å². The molecule has 0 aliphatic heterocycles. The number of hydrogen-bond acceptors (Lipinski definition) is 6. The molecule has 0 spiro atoms. The number of carbonyl (C=O) groups excluding carboxylic acids is 2. The molecule has 2 rings (SSSR count). The summed E-state index contributed by atoms with van der Waals surface area (Å²) < 4.78 is 15.6. The van der Waals surface area contributed by atoms with Gasteiger partial charge in [-0.05, 0) is 37.1 Å². The Labute approximate surface area is 172 Å². The van der Waals surface area contributed by atoms with Crippen molar-refractivity contribution < 1.29 is 23.8 Å². The standard InChI is InChI=1S/C19H20Cl2N2O5/c1-11(19(25)23-18-14(21)9-13(20)10-22-18)28-17(24)7-5-12-4-6-15(26-2)16(8-12)27-3/h4,6,8-11H,5,7H2,1-3H3,(H,22,23,25)/t11-/m1/s1. The molecule has 0 bridgehead atoms. The van der Waals surface area contributed by atoms with E-state index in [0.717, 1.165) is 5.56 Å². The average Bonchev–Trinajstić information content (AvgIpc) is 2.68. The summed E-state index contributed by atoms with van der Waals surface area (Å²) in [6, 6.07) is 6.83. The maximum absolute atomic E-state index is 12.2. The number of pyridine rings is 1. The van der Waals surface area contributed by atoms with E-state index < -0.39 is 18.0 Å². The molecule has 7 nitrogen and oxygen atoms in total. The first kappa shape index (κ1) is 21.8. The number of anilines is 1. The highest BCUT2D eigenvalue weighted by Crippen LogP contribution is 2.28. The summed E-state index contributed by atoms with van der Waals surface area (Å²) in [5, 5.41) is 3.03. The van der Waals surface area contributed by atoms with Gasteiger partial charge in [-0.2, -0.15) is 0 Å². The number of carbonyl (C=O) groups is 2. The van der Waals surface area contributed by atoms with Gasteiger partial charge in [-0.25, -0.2) is 4.98 Å². The summed E-state index contributed by atoms with van der Waals surface area (Å²) in [4.78, 5) is 28.1. The molecule has 1 atom stereocenters. The number of ether oxygens (including phenoxy) is 3. The maximum atomic E-state index is 12.2. The Morgan fingerprint density at radius 2 is 1.86 bits per heavy atom. The molecule has 0 saturated carbocycles. The second kappa shape index (κ2) is 10.1. The average molecular weight is 427 g/mol. The van der Waals surface area contributed by atoms with Crippen LogP contribution in [0.3, 0.4) is 0 Å². The van der Waals surface area contributed by atoms with Gasteiger partial charge in [0.2, 0.25) is 0 Å². The highest BCUT2D eigenvalue weighted by atomic mass is 35.5. The minimum absolute atomic E-state index is 0.104. The van der Waals surface area contributed by atoms with Gasteiger partial charge in [0.25, 0.3) is 5.91 Å². The van der Waals surface area contributed by atoms with Gasteiger partial charge in [0.1, 0.15) is 0 Å². The first-order chi connectivity index (χ1) is 13.3. The van der Waals surface area contributed by atoms with Crippen LogP contribution in [0.25, 0.3) is 0 Å². The topological polar surface area (TPSA) is 86.8 Å². The van der Waals surface area contributed by atoms with Gasteiger partial charge in [0.15, 0.2) is 23.4 Å². The first-order valence-electron chi connectivity index (χ1n) is 8.36. The van der Waals surface area contributed by atoms with E-state index in [1.165, 1.54) is 26.3 Å². The van der Waals surface area contributed by atoms with Crippen molar-refractivity contribution in [1.29, 1.82) is 0 Å². The van der Waals surface area contributed by atoms with E-state index in [9.17, 15) is 9.59 Å². The van der Waals surface area contributed by atoms with E-state index in [4.69, 9.17) is 37.4 Å². The van der Waals surface area contributed by atoms with Crippen molar-refractivity contribution in [3.05, 3.63) is 46.1 Å². The number of nitrogens with zero attached hydrogens (tertiary/aromatic N) is 1. The molecule has 0 aliphatic rings. The number of aryl methyl sites for hydroxylation is 1. The zero-order chi connectivity index (χ0) is 20.7. The van der Waals surface area contributed by atoms with Crippen molar-refractivity contribution in [2.75, 3.05) is 19.5 Å². The minimum atomic E-state index is -1.01. The highest BCUT2D eigenvalue weighted by Gasteiger charge is 2.19. The number of esters is 1. The van der Waals surface area contributed by atoms with Crippen LogP contribution in [-0.2, 0) is 20.7 Å². The lowest BCUT2D eigenvalue weighted by atomic mass is 10.1. The molecule has 28 heavy (non-hydrogen) atoms. The minimum Gasteiger partial charge on any atom is -0.493 e. The molecular weight excluding hydrogens is 407 g/mol. The predicted octanol–water partition coefficient (Wildman–Crippen LogP) is 3.91. The van der Waals surface area contributed by atoms with E-state index in [1.807, 2.05) is 6.07 Å². The first-order valence-corrected chi connectivity index (χ1v) is 9.12.